The van der Waals surface area contributed by atoms with E-state index < -0.39 is 12.2 Å². The first-order valence-electron chi connectivity index (χ1n) is 14.5. The highest BCUT2D eigenvalue weighted by atomic mass is 16.7. The first-order valence-corrected chi connectivity index (χ1v) is 14.5. The van der Waals surface area contributed by atoms with Gasteiger partial charge in [-0.25, -0.2) is 9.86 Å². The minimum Gasteiger partial charge on any atom is -0.465 e. The molecule has 3 unspecified atom stereocenters. The third-order valence-electron chi connectivity index (χ3n) is 8.33. The van der Waals surface area contributed by atoms with Crippen LogP contribution in [-0.2, 0) is 9.57 Å². The smallest absolute Gasteiger partial charge is 0.338 e. The predicted octanol–water partition coefficient (Wildman–Crippen LogP) is 3.56. The van der Waals surface area contributed by atoms with Gasteiger partial charge in [0, 0.05) is 66.8 Å². The van der Waals surface area contributed by atoms with Gasteiger partial charge in [0.2, 0.25) is 0 Å². The summed E-state index contributed by atoms with van der Waals surface area (Å²) in [5.74, 6) is -0.658. The molecule has 0 radical (unpaired) electrons. The van der Waals surface area contributed by atoms with Crippen LogP contribution in [0.1, 0.15) is 43.8 Å². The number of nitrogens with one attached hydrogen (secondary N) is 3. The normalized spacial score (nSPS) is 21.7. The molecule has 2 bridgehead atoms. The van der Waals surface area contributed by atoms with Gasteiger partial charge in [-0.1, -0.05) is 30.3 Å². The van der Waals surface area contributed by atoms with E-state index in [1.165, 1.54) is 18.6 Å². The predicted molar refractivity (Wildman–Crippen MR) is 165 cm³/mol. The lowest BCUT2D eigenvalue weighted by Crippen LogP contribution is -2.67. The van der Waals surface area contributed by atoms with Gasteiger partial charge in [-0.15, -0.1) is 0 Å². The minimum atomic E-state index is -1.01. The molecule has 3 fully saturated rings. The number of carbonyl (C=O) groups is 2. The molecule has 0 aromatic heterocycles. The topological polar surface area (TPSA) is 115 Å². The minimum absolute atomic E-state index is 0.224. The van der Waals surface area contributed by atoms with Crippen LogP contribution < -0.4 is 16.0 Å². The molecular formula is C33H37N5O5. The molecule has 3 saturated heterocycles. The summed E-state index contributed by atoms with van der Waals surface area (Å²) in [6.45, 7) is 5.14. The molecule has 7 rings (SSSR count). The number of piperidine rings is 1. The summed E-state index contributed by atoms with van der Waals surface area (Å²) >= 11 is 0. The summed E-state index contributed by atoms with van der Waals surface area (Å²) < 4.78 is 4.92. The number of hydrogen-bond acceptors (Lipinski definition) is 9. The maximum absolute atomic E-state index is 13.0. The molecule has 4 heterocycles. The Morgan fingerprint density at radius 1 is 1.05 bits per heavy atom. The van der Waals surface area contributed by atoms with E-state index in [4.69, 9.17) is 9.57 Å². The number of rotatable bonds is 9. The van der Waals surface area contributed by atoms with Crippen molar-refractivity contribution in [3.05, 3.63) is 94.5 Å². The zero-order chi connectivity index (χ0) is 30.1. The van der Waals surface area contributed by atoms with Crippen LogP contribution in [0.3, 0.4) is 0 Å². The number of benzene rings is 3. The zero-order valence-electron chi connectivity index (χ0n) is 24.6. The molecule has 0 saturated carbocycles. The second-order valence-corrected chi connectivity index (χ2v) is 11.3. The van der Waals surface area contributed by atoms with E-state index in [1.54, 1.807) is 25.2 Å². The molecule has 1 amide bonds. The van der Waals surface area contributed by atoms with Gasteiger partial charge in [0.1, 0.15) is 0 Å². The van der Waals surface area contributed by atoms with Gasteiger partial charge in [-0.3, -0.25) is 14.5 Å². The summed E-state index contributed by atoms with van der Waals surface area (Å²) in [5, 5.41) is 22.5. The Morgan fingerprint density at radius 3 is 2.42 bits per heavy atom. The maximum atomic E-state index is 13.0. The van der Waals surface area contributed by atoms with E-state index in [0.717, 1.165) is 42.0 Å². The van der Waals surface area contributed by atoms with E-state index >= 15 is 0 Å². The number of aliphatic hydroxyl groups excluding tert-OH is 1. The fraction of sp³-hybridized carbons (Fsp3) is 0.333. The number of esters is 1. The van der Waals surface area contributed by atoms with Crippen LogP contribution in [0.2, 0.25) is 0 Å². The first kappa shape index (κ1) is 28.9. The average Bonchev–Trinajstić information content (AvgIpc) is 3.33. The van der Waals surface area contributed by atoms with Crippen molar-refractivity contribution in [1.29, 1.82) is 0 Å². The van der Waals surface area contributed by atoms with E-state index in [1.807, 2.05) is 55.5 Å². The molecule has 3 aromatic carbocycles. The number of hydroxylamine groups is 2. The second-order valence-electron chi connectivity index (χ2n) is 11.3. The van der Waals surface area contributed by atoms with Crippen molar-refractivity contribution in [3.63, 3.8) is 0 Å². The van der Waals surface area contributed by atoms with Crippen LogP contribution in [0.4, 0.5) is 11.4 Å². The highest BCUT2D eigenvalue weighted by molar-refractivity contribution is 6.05. The van der Waals surface area contributed by atoms with Crippen molar-refractivity contribution in [2.75, 3.05) is 51.0 Å². The molecule has 3 aromatic rings. The third kappa shape index (κ3) is 6.00. The quantitative estimate of drug-likeness (QED) is 0.222. The molecule has 43 heavy (non-hydrogen) atoms. The molecule has 0 aliphatic carbocycles. The van der Waals surface area contributed by atoms with Crippen LogP contribution in [0.15, 0.2) is 66.7 Å². The summed E-state index contributed by atoms with van der Waals surface area (Å²) in [6, 6.07) is 21.7. The summed E-state index contributed by atoms with van der Waals surface area (Å²) in [4.78, 5) is 33.4. The Balaban J connectivity index is 1.19. The van der Waals surface area contributed by atoms with E-state index in [-0.39, 0.29) is 5.91 Å². The monoisotopic (exact) mass is 583 g/mol. The fourth-order valence-corrected chi connectivity index (χ4v) is 6.09. The van der Waals surface area contributed by atoms with Crippen LogP contribution in [0.5, 0.6) is 0 Å². The number of ether oxygens (including phenoxy) is 1. The fourth-order valence-electron chi connectivity index (χ4n) is 6.09. The second kappa shape index (κ2) is 12.2. The largest absolute Gasteiger partial charge is 0.465 e. The van der Waals surface area contributed by atoms with Gasteiger partial charge in [0.05, 0.1) is 25.0 Å². The van der Waals surface area contributed by atoms with Crippen molar-refractivity contribution in [2.24, 2.45) is 0 Å². The zero-order valence-corrected chi connectivity index (χ0v) is 24.6. The molecule has 224 valence electrons. The van der Waals surface area contributed by atoms with Gasteiger partial charge in [0.25, 0.3) is 5.91 Å². The van der Waals surface area contributed by atoms with Crippen molar-refractivity contribution < 1.29 is 24.3 Å². The standard InChI is InChI=1S/C33H37N5O5/c1-20-15-27-28(17-26(20)33(41)42-3)36-31(39)29(27)30(21-7-5-4-6-8-21)35-23-11-9-22(10-12-23)32(40)37(2)43-14-13-38-18-24-16-25(19-38)34-24/h4-12,15,17,24-25,31,34-36,39H,13-14,16,18-19H2,1-3H3/b30-29-. The Labute approximate surface area is 251 Å². The summed E-state index contributed by atoms with van der Waals surface area (Å²) in [7, 11) is 2.99. The van der Waals surface area contributed by atoms with Crippen molar-refractivity contribution in [3.8, 4) is 0 Å². The Morgan fingerprint density at radius 2 is 1.74 bits per heavy atom. The number of nitrogens with zero attached hydrogens (tertiary/aromatic N) is 2. The number of fused-ring (bicyclic) bond motifs is 3. The Hall–Kier alpha value is -4.22. The first-order chi connectivity index (χ1) is 20.8. The lowest BCUT2D eigenvalue weighted by atomic mass is 9.91. The number of amides is 1. The third-order valence-corrected chi connectivity index (χ3v) is 8.33. The molecule has 4 N–H and O–H groups in total. The van der Waals surface area contributed by atoms with Gasteiger partial charge >= 0.3 is 5.97 Å². The summed E-state index contributed by atoms with van der Waals surface area (Å²) in [5.41, 5.74) is 6.07. The highest BCUT2D eigenvalue weighted by Crippen LogP contribution is 2.41. The Kier molecular flexibility index (Phi) is 8.18. The molecule has 3 atom stereocenters. The number of piperazine rings is 1. The lowest BCUT2D eigenvalue weighted by Gasteiger charge is -2.48. The van der Waals surface area contributed by atoms with E-state index in [2.05, 4.69) is 20.9 Å². The number of hydrogen-bond donors (Lipinski definition) is 4. The van der Waals surface area contributed by atoms with Gasteiger partial charge in [-0.05, 0) is 60.9 Å². The van der Waals surface area contributed by atoms with Gasteiger partial charge < -0.3 is 25.8 Å². The number of aliphatic hydroxyl groups is 1. The average molecular weight is 584 g/mol. The van der Waals surface area contributed by atoms with E-state index in [0.29, 0.717) is 46.8 Å². The van der Waals surface area contributed by atoms with E-state index in [9.17, 15) is 14.7 Å². The lowest BCUT2D eigenvalue weighted by molar-refractivity contribution is -0.113. The number of anilines is 2. The number of aryl methyl sites for hydroxylation is 1. The number of carbonyl (C=O) groups excluding carboxylic acids is 2. The molecule has 4 aliphatic heterocycles. The molecule has 0 spiro atoms. The van der Waals surface area contributed by atoms with Gasteiger partial charge in [-0.2, -0.15) is 0 Å². The molecule has 10 heteroatoms. The Bertz CT molecular complexity index is 1530. The van der Waals surface area contributed by atoms with Gasteiger partial charge in [0.15, 0.2) is 6.23 Å². The van der Waals surface area contributed by atoms with Crippen molar-refractivity contribution in [1.82, 2.24) is 15.3 Å². The summed E-state index contributed by atoms with van der Waals surface area (Å²) in [6.07, 6.45) is 0.246. The highest BCUT2D eigenvalue weighted by Gasteiger charge is 2.36. The molecule has 10 nitrogen and oxygen atoms in total. The maximum Gasteiger partial charge on any atom is 0.338 e. The van der Waals surface area contributed by atoms with Crippen LogP contribution in [0.25, 0.3) is 11.3 Å². The van der Waals surface area contributed by atoms with Crippen LogP contribution in [0, 0.1) is 6.92 Å². The van der Waals surface area contributed by atoms with Crippen molar-refractivity contribution >= 4 is 34.5 Å². The van der Waals surface area contributed by atoms with Crippen molar-refractivity contribution in [2.45, 2.75) is 31.7 Å². The van der Waals surface area contributed by atoms with Crippen LogP contribution >= 0.6 is 0 Å². The number of methoxy groups -OCH3 is 1. The SMILES string of the molecule is COC(=O)c1cc2c(cc1C)/C(=C(/Nc1ccc(C(=O)N(C)OCCN3CC4CC(C3)N4)cc1)c1ccccc1)C(O)N2. The molecular weight excluding hydrogens is 546 g/mol. The molecule has 4 aliphatic rings. The van der Waals surface area contributed by atoms with Crippen LogP contribution in [-0.4, -0.2) is 85.7 Å².